The maximum Gasteiger partial charge on any atom is 0.214 e. The van der Waals surface area contributed by atoms with E-state index in [9.17, 15) is 0 Å². The van der Waals surface area contributed by atoms with Crippen molar-refractivity contribution in [2.24, 2.45) is 0 Å². The number of hydrogen-bond acceptors (Lipinski definition) is 3. The normalized spacial score (nSPS) is 10.5. The minimum atomic E-state index is 0.652. The molecule has 0 saturated heterocycles. The number of fused-ring (bicyclic) bond motifs is 1. The first-order valence-corrected chi connectivity index (χ1v) is 6.14. The molecule has 78 valence electrons. The fourth-order valence-corrected chi connectivity index (χ4v) is 2.12. The van der Waals surface area contributed by atoms with Gasteiger partial charge in [0.1, 0.15) is 0 Å². The monoisotopic (exact) mass is 219 g/mol. The van der Waals surface area contributed by atoms with Crippen LogP contribution in [0.15, 0.2) is 35.2 Å². The zero-order valence-corrected chi connectivity index (χ0v) is 9.67. The van der Waals surface area contributed by atoms with Crippen LogP contribution in [0.3, 0.4) is 0 Å². The molecule has 0 amide bonds. The fraction of sp³-hybridized carbons (Fsp3) is 0.250. The Hall–Kier alpha value is -1.22. The molecule has 1 aromatic carbocycles. The minimum absolute atomic E-state index is 0.652. The number of rotatable bonds is 3. The molecule has 2 aromatic rings. The molecule has 2 nitrogen and oxygen atoms in total. The average molecular weight is 219 g/mol. The molecule has 2 rings (SSSR count). The predicted molar refractivity (Wildman–Crippen MR) is 64.7 cm³/mol. The molecule has 0 aliphatic heterocycles. The summed E-state index contributed by atoms with van der Waals surface area (Å²) in [6.07, 6.45) is 2.07. The maximum atomic E-state index is 5.43. The van der Waals surface area contributed by atoms with Gasteiger partial charge in [-0.15, -0.1) is 11.8 Å². The van der Waals surface area contributed by atoms with Gasteiger partial charge in [0.05, 0.1) is 12.1 Å². The molecule has 0 aliphatic carbocycles. The van der Waals surface area contributed by atoms with E-state index in [-0.39, 0.29) is 0 Å². The van der Waals surface area contributed by atoms with Gasteiger partial charge in [-0.3, -0.25) is 0 Å². The number of hydrogen-bond donors (Lipinski definition) is 0. The highest BCUT2D eigenvalue weighted by Gasteiger charge is 2.04. The van der Waals surface area contributed by atoms with Crippen LogP contribution in [0.5, 0.6) is 5.88 Å². The van der Waals surface area contributed by atoms with Crippen molar-refractivity contribution in [2.75, 3.05) is 12.9 Å². The van der Waals surface area contributed by atoms with Gasteiger partial charge in [-0.05, 0) is 19.2 Å². The molecule has 0 bridgehead atoms. The molecule has 0 unspecified atom stereocenters. The molecule has 0 atom stereocenters. The number of thioether (sulfide) groups is 1. The lowest BCUT2D eigenvalue weighted by molar-refractivity contribution is 0.327. The fourth-order valence-electron chi connectivity index (χ4n) is 1.51. The molecule has 15 heavy (non-hydrogen) atoms. The number of ether oxygens (including phenoxy) is 1. The van der Waals surface area contributed by atoms with Gasteiger partial charge in [-0.1, -0.05) is 18.2 Å². The lowest BCUT2D eigenvalue weighted by Crippen LogP contribution is -1.95. The number of aromatic nitrogens is 1. The molecule has 0 saturated carbocycles. The van der Waals surface area contributed by atoms with E-state index in [0.717, 1.165) is 5.52 Å². The second-order valence-electron chi connectivity index (χ2n) is 3.11. The number of pyridine rings is 1. The van der Waals surface area contributed by atoms with E-state index in [1.807, 2.05) is 31.2 Å². The van der Waals surface area contributed by atoms with E-state index in [4.69, 9.17) is 4.74 Å². The minimum Gasteiger partial charge on any atom is -0.478 e. The largest absolute Gasteiger partial charge is 0.478 e. The van der Waals surface area contributed by atoms with E-state index in [0.29, 0.717) is 12.5 Å². The molecule has 0 N–H and O–H groups in total. The second kappa shape index (κ2) is 4.53. The van der Waals surface area contributed by atoms with Crippen LogP contribution < -0.4 is 4.74 Å². The number of nitrogens with zero attached hydrogens (tertiary/aromatic N) is 1. The second-order valence-corrected chi connectivity index (χ2v) is 3.96. The predicted octanol–water partition coefficient (Wildman–Crippen LogP) is 3.36. The van der Waals surface area contributed by atoms with E-state index < -0.39 is 0 Å². The van der Waals surface area contributed by atoms with Crippen LogP contribution in [0, 0.1) is 0 Å². The first-order valence-electron chi connectivity index (χ1n) is 4.91. The summed E-state index contributed by atoms with van der Waals surface area (Å²) in [6, 6.07) is 10.1. The van der Waals surface area contributed by atoms with Gasteiger partial charge < -0.3 is 4.74 Å². The van der Waals surface area contributed by atoms with E-state index >= 15 is 0 Å². The van der Waals surface area contributed by atoms with Gasteiger partial charge in [-0.25, -0.2) is 4.98 Å². The van der Waals surface area contributed by atoms with E-state index in [1.165, 1.54) is 10.3 Å². The van der Waals surface area contributed by atoms with Crippen LogP contribution in [-0.4, -0.2) is 17.8 Å². The summed E-state index contributed by atoms with van der Waals surface area (Å²) in [6.45, 7) is 2.62. The summed E-state index contributed by atoms with van der Waals surface area (Å²) in [5.74, 6) is 0.709. The smallest absolute Gasteiger partial charge is 0.214 e. The Bertz CT molecular complexity index is 470. The molecular formula is C12H13NOS. The van der Waals surface area contributed by atoms with Crippen molar-refractivity contribution in [3.63, 3.8) is 0 Å². The van der Waals surface area contributed by atoms with Crippen molar-refractivity contribution in [1.82, 2.24) is 4.98 Å². The standard InChI is InChI=1S/C12H13NOS/c1-3-14-12-8-11(15-2)9-6-4-5-7-10(9)13-12/h4-8H,3H2,1-2H3. The topological polar surface area (TPSA) is 22.1 Å². The highest BCUT2D eigenvalue weighted by atomic mass is 32.2. The summed E-state index contributed by atoms with van der Waals surface area (Å²) in [7, 11) is 0. The van der Waals surface area contributed by atoms with Crippen LogP contribution in [-0.2, 0) is 0 Å². The number of benzene rings is 1. The third-order valence-electron chi connectivity index (χ3n) is 2.17. The van der Waals surface area contributed by atoms with Crippen LogP contribution >= 0.6 is 11.8 Å². The third-order valence-corrected chi connectivity index (χ3v) is 2.94. The molecule has 0 fully saturated rings. The van der Waals surface area contributed by atoms with Crippen molar-refractivity contribution >= 4 is 22.7 Å². The van der Waals surface area contributed by atoms with Gasteiger partial charge in [0, 0.05) is 16.3 Å². The Morgan fingerprint density at radius 3 is 2.87 bits per heavy atom. The van der Waals surface area contributed by atoms with Gasteiger partial charge in [0.25, 0.3) is 0 Å². The number of para-hydroxylation sites is 1. The zero-order chi connectivity index (χ0) is 10.7. The first-order chi connectivity index (χ1) is 7.35. The Kier molecular flexibility index (Phi) is 3.11. The van der Waals surface area contributed by atoms with Crippen molar-refractivity contribution in [2.45, 2.75) is 11.8 Å². The Morgan fingerprint density at radius 2 is 2.13 bits per heavy atom. The summed E-state index contributed by atoms with van der Waals surface area (Å²) >= 11 is 1.72. The van der Waals surface area contributed by atoms with Crippen LogP contribution in [0.4, 0.5) is 0 Å². The lowest BCUT2D eigenvalue weighted by atomic mass is 10.2. The first kappa shape index (κ1) is 10.3. The SMILES string of the molecule is CCOc1cc(SC)c2ccccc2n1. The lowest BCUT2D eigenvalue weighted by Gasteiger charge is -2.07. The molecule has 0 aliphatic rings. The summed E-state index contributed by atoms with van der Waals surface area (Å²) in [5.41, 5.74) is 0.993. The highest BCUT2D eigenvalue weighted by Crippen LogP contribution is 2.28. The van der Waals surface area contributed by atoms with Crippen molar-refractivity contribution in [3.8, 4) is 5.88 Å². The Morgan fingerprint density at radius 1 is 1.33 bits per heavy atom. The molecule has 3 heteroatoms. The van der Waals surface area contributed by atoms with Crippen LogP contribution in [0.1, 0.15) is 6.92 Å². The highest BCUT2D eigenvalue weighted by molar-refractivity contribution is 7.98. The van der Waals surface area contributed by atoms with Gasteiger partial charge in [-0.2, -0.15) is 0 Å². The maximum absolute atomic E-state index is 5.43. The van der Waals surface area contributed by atoms with Crippen LogP contribution in [0.2, 0.25) is 0 Å². The molecule has 1 heterocycles. The quantitative estimate of drug-likeness (QED) is 0.739. The van der Waals surface area contributed by atoms with Gasteiger partial charge in [0.15, 0.2) is 0 Å². The molecule has 1 aromatic heterocycles. The van der Waals surface area contributed by atoms with Crippen molar-refractivity contribution < 1.29 is 4.74 Å². The molecule has 0 spiro atoms. The Balaban J connectivity index is 2.60. The van der Waals surface area contributed by atoms with E-state index in [1.54, 1.807) is 11.8 Å². The Labute approximate surface area is 93.7 Å². The van der Waals surface area contributed by atoms with E-state index in [2.05, 4.69) is 17.3 Å². The summed E-state index contributed by atoms with van der Waals surface area (Å²) < 4.78 is 5.43. The third kappa shape index (κ3) is 2.07. The molecular weight excluding hydrogens is 206 g/mol. The zero-order valence-electron chi connectivity index (χ0n) is 8.86. The summed E-state index contributed by atoms with van der Waals surface area (Å²) in [5, 5.41) is 1.19. The van der Waals surface area contributed by atoms with Gasteiger partial charge in [0.2, 0.25) is 5.88 Å². The summed E-state index contributed by atoms with van der Waals surface area (Å²) in [4.78, 5) is 5.65. The molecule has 0 radical (unpaired) electrons. The van der Waals surface area contributed by atoms with Crippen molar-refractivity contribution in [1.29, 1.82) is 0 Å². The van der Waals surface area contributed by atoms with Crippen molar-refractivity contribution in [3.05, 3.63) is 30.3 Å². The average Bonchev–Trinajstić information content (AvgIpc) is 2.28. The van der Waals surface area contributed by atoms with Gasteiger partial charge >= 0.3 is 0 Å². The van der Waals surface area contributed by atoms with Crippen LogP contribution in [0.25, 0.3) is 10.9 Å².